The van der Waals surface area contributed by atoms with Crippen LogP contribution in [0.25, 0.3) is 0 Å². The lowest BCUT2D eigenvalue weighted by Crippen LogP contribution is -2.25. The van der Waals surface area contributed by atoms with Crippen LogP contribution in [0.15, 0.2) is 54.6 Å². The summed E-state index contributed by atoms with van der Waals surface area (Å²) in [6, 6.07) is 17.7. The van der Waals surface area contributed by atoms with Crippen molar-refractivity contribution in [1.82, 2.24) is 0 Å². The third kappa shape index (κ3) is 3.99. The van der Waals surface area contributed by atoms with Gasteiger partial charge in [-0.2, -0.15) is 0 Å². The molecule has 2 rings (SSSR count). The number of hydrogen-bond donors (Lipinski definition) is 1. The molecule has 2 aromatic rings. The molecule has 3 heteroatoms. The Balaban J connectivity index is 1.94. The molecule has 0 amide bonds. The highest BCUT2D eigenvalue weighted by atomic mass is 35.5. The van der Waals surface area contributed by atoms with Crippen molar-refractivity contribution in [1.29, 1.82) is 0 Å². The first-order valence-electron chi connectivity index (χ1n) is 6.94. The molecule has 0 aliphatic heterocycles. The number of rotatable bonds is 6. The molecule has 2 aromatic carbocycles. The molecule has 0 spiro atoms. The van der Waals surface area contributed by atoms with Gasteiger partial charge in [-0.05, 0) is 43.2 Å². The molecule has 0 radical (unpaired) electrons. The summed E-state index contributed by atoms with van der Waals surface area (Å²) in [5.74, 6) is 0. The van der Waals surface area contributed by atoms with Gasteiger partial charge in [-0.1, -0.05) is 41.9 Å². The van der Waals surface area contributed by atoms with Gasteiger partial charge < -0.3 is 10.0 Å². The van der Waals surface area contributed by atoms with E-state index in [1.807, 2.05) is 42.5 Å². The van der Waals surface area contributed by atoms with Crippen LogP contribution in [0.3, 0.4) is 0 Å². The van der Waals surface area contributed by atoms with Crippen molar-refractivity contribution in [2.75, 3.05) is 18.0 Å². The number of anilines is 1. The summed E-state index contributed by atoms with van der Waals surface area (Å²) in [6.07, 6.45) is 0.245. The Hall–Kier alpha value is -1.51. The molecule has 0 fully saturated rings. The number of para-hydroxylation sites is 1. The lowest BCUT2D eigenvalue weighted by atomic mass is 10.1. The number of aliphatic hydroxyl groups excluding tert-OH is 1. The van der Waals surface area contributed by atoms with Crippen LogP contribution in [0.5, 0.6) is 0 Å². The Morgan fingerprint density at radius 3 is 2.30 bits per heavy atom. The molecule has 0 aromatic heterocycles. The Bertz CT molecular complexity index is 512. The van der Waals surface area contributed by atoms with Crippen LogP contribution < -0.4 is 4.90 Å². The van der Waals surface area contributed by atoms with Gasteiger partial charge in [0.15, 0.2) is 0 Å². The minimum Gasteiger partial charge on any atom is -0.388 e. The summed E-state index contributed by atoms with van der Waals surface area (Å²) in [6.45, 7) is 3.88. The van der Waals surface area contributed by atoms with E-state index in [9.17, 15) is 5.11 Å². The van der Waals surface area contributed by atoms with E-state index in [2.05, 4.69) is 24.0 Å². The van der Waals surface area contributed by atoms with Gasteiger partial charge in [0.25, 0.3) is 0 Å². The van der Waals surface area contributed by atoms with Crippen LogP contribution in [0.4, 0.5) is 5.69 Å². The number of halogens is 1. The van der Waals surface area contributed by atoms with E-state index in [0.29, 0.717) is 11.4 Å². The molecule has 1 atom stereocenters. The van der Waals surface area contributed by atoms with Crippen LogP contribution in [0.2, 0.25) is 5.02 Å². The van der Waals surface area contributed by atoms with E-state index in [4.69, 9.17) is 11.6 Å². The lowest BCUT2D eigenvalue weighted by Gasteiger charge is -2.24. The quantitative estimate of drug-likeness (QED) is 0.857. The Kier molecular flexibility index (Phi) is 5.45. The summed E-state index contributed by atoms with van der Waals surface area (Å²) in [5, 5.41) is 10.9. The van der Waals surface area contributed by atoms with Crippen LogP contribution in [0.1, 0.15) is 25.0 Å². The van der Waals surface area contributed by atoms with Gasteiger partial charge in [-0.3, -0.25) is 0 Å². The lowest BCUT2D eigenvalue weighted by molar-refractivity contribution is 0.169. The standard InChI is InChI=1S/C17H20ClNO/c1-2-19(16-6-4-3-5-7-16)13-12-17(20)14-8-10-15(18)11-9-14/h3-11,17,20H,2,12-13H2,1H3. The van der Waals surface area contributed by atoms with Crippen molar-refractivity contribution in [3.8, 4) is 0 Å². The SMILES string of the molecule is CCN(CCC(O)c1ccc(Cl)cc1)c1ccccc1. The maximum atomic E-state index is 10.2. The molecular weight excluding hydrogens is 270 g/mol. The van der Waals surface area contributed by atoms with Gasteiger partial charge in [0.2, 0.25) is 0 Å². The van der Waals surface area contributed by atoms with E-state index in [1.165, 1.54) is 5.69 Å². The number of aliphatic hydroxyl groups is 1. The first-order chi connectivity index (χ1) is 9.70. The highest BCUT2D eigenvalue weighted by Gasteiger charge is 2.10. The predicted octanol–water partition coefficient (Wildman–Crippen LogP) is 4.29. The van der Waals surface area contributed by atoms with Crippen LogP contribution >= 0.6 is 11.6 Å². The zero-order chi connectivity index (χ0) is 14.4. The van der Waals surface area contributed by atoms with Crippen LogP contribution in [0, 0.1) is 0 Å². The van der Waals surface area contributed by atoms with Crippen molar-refractivity contribution in [3.63, 3.8) is 0 Å². The summed E-state index contributed by atoms with van der Waals surface area (Å²) in [5.41, 5.74) is 2.11. The Morgan fingerprint density at radius 2 is 1.70 bits per heavy atom. The van der Waals surface area contributed by atoms with Crippen molar-refractivity contribution in [3.05, 3.63) is 65.2 Å². The van der Waals surface area contributed by atoms with Gasteiger partial charge >= 0.3 is 0 Å². The number of benzene rings is 2. The largest absolute Gasteiger partial charge is 0.388 e. The monoisotopic (exact) mass is 289 g/mol. The van der Waals surface area contributed by atoms with Gasteiger partial charge in [0.05, 0.1) is 6.10 Å². The van der Waals surface area contributed by atoms with Gasteiger partial charge in [-0.25, -0.2) is 0 Å². The number of hydrogen-bond acceptors (Lipinski definition) is 2. The van der Waals surface area contributed by atoms with E-state index in [1.54, 1.807) is 0 Å². The maximum absolute atomic E-state index is 10.2. The molecule has 2 nitrogen and oxygen atoms in total. The molecule has 0 bridgehead atoms. The molecule has 1 N–H and O–H groups in total. The topological polar surface area (TPSA) is 23.5 Å². The van der Waals surface area contributed by atoms with Crippen LogP contribution in [-0.4, -0.2) is 18.2 Å². The summed E-state index contributed by atoms with van der Waals surface area (Å²) >= 11 is 5.86. The van der Waals surface area contributed by atoms with E-state index in [-0.39, 0.29) is 0 Å². The molecule has 0 saturated heterocycles. The molecular formula is C17H20ClNO. The second-order valence-electron chi connectivity index (χ2n) is 4.77. The molecule has 0 aliphatic carbocycles. The van der Waals surface area contributed by atoms with E-state index >= 15 is 0 Å². The molecule has 106 valence electrons. The smallest absolute Gasteiger partial charge is 0.0806 e. The Labute approximate surface area is 125 Å². The zero-order valence-electron chi connectivity index (χ0n) is 11.7. The first kappa shape index (κ1) is 14.9. The third-order valence-corrected chi connectivity index (χ3v) is 3.68. The minimum absolute atomic E-state index is 0.454. The third-order valence-electron chi connectivity index (χ3n) is 3.43. The summed E-state index contributed by atoms with van der Waals surface area (Å²) in [7, 11) is 0. The van der Waals surface area contributed by atoms with Crippen LogP contribution in [-0.2, 0) is 0 Å². The van der Waals surface area contributed by atoms with Crippen molar-refractivity contribution >= 4 is 17.3 Å². The van der Waals surface area contributed by atoms with Gasteiger partial charge in [0.1, 0.15) is 0 Å². The van der Waals surface area contributed by atoms with Crippen molar-refractivity contribution in [2.45, 2.75) is 19.4 Å². The average molecular weight is 290 g/mol. The minimum atomic E-state index is -0.454. The highest BCUT2D eigenvalue weighted by Crippen LogP contribution is 2.21. The second-order valence-corrected chi connectivity index (χ2v) is 5.21. The fourth-order valence-electron chi connectivity index (χ4n) is 2.24. The normalized spacial score (nSPS) is 12.2. The highest BCUT2D eigenvalue weighted by molar-refractivity contribution is 6.30. The molecule has 20 heavy (non-hydrogen) atoms. The fraction of sp³-hybridized carbons (Fsp3) is 0.294. The second kappa shape index (κ2) is 7.32. The summed E-state index contributed by atoms with van der Waals surface area (Å²) in [4.78, 5) is 2.26. The molecule has 0 saturated carbocycles. The van der Waals surface area contributed by atoms with E-state index in [0.717, 1.165) is 18.7 Å². The average Bonchev–Trinajstić information content (AvgIpc) is 2.49. The maximum Gasteiger partial charge on any atom is 0.0806 e. The van der Waals surface area contributed by atoms with Gasteiger partial charge in [-0.15, -0.1) is 0 Å². The number of nitrogens with zero attached hydrogens (tertiary/aromatic N) is 1. The van der Waals surface area contributed by atoms with Crippen molar-refractivity contribution < 1.29 is 5.11 Å². The van der Waals surface area contributed by atoms with Crippen molar-refractivity contribution in [2.24, 2.45) is 0 Å². The molecule has 0 heterocycles. The first-order valence-corrected chi connectivity index (χ1v) is 7.32. The zero-order valence-corrected chi connectivity index (χ0v) is 12.4. The predicted molar refractivity (Wildman–Crippen MR) is 85.4 cm³/mol. The fourth-order valence-corrected chi connectivity index (χ4v) is 2.36. The Morgan fingerprint density at radius 1 is 1.05 bits per heavy atom. The summed E-state index contributed by atoms with van der Waals surface area (Å²) < 4.78 is 0. The molecule has 0 aliphatic rings. The van der Waals surface area contributed by atoms with Gasteiger partial charge in [0, 0.05) is 23.8 Å². The van der Waals surface area contributed by atoms with E-state index < -0.39 is 6.10 Å². The molecule has 1 unspecified atom stereocenters.